The van der Waals surface area contributed by atoms with Gasteiger partial charge in [0.2, 0.25) is 0 Å². The molecule has 5 heteroatoms. The highest BCUT2D eigenvalue weighted by Gasteiger charge is 2.03. The van der Waals surface area contributed by atoms with Crippen molar-refractivity contribution in [3.8, 4) is 0 Å². The Morgan fingerprint density at radius 2 is 2.00 bits per heavy atom. The zero-order chi connectivity index (χ0) is 15.8. The van der Waals surface area contributed by atoms with Crippen molar-refractivity contribution in [2.45, 2.75) is 13.3 Å². The summed E-state index contributed by atoms with van der Waals surface area (Å²) in [6, 6.07) is 8.41. The van der Waals surface area contributed by atoms with E-state index in [2.05, 4.69) is 69.9 Å². The van der Waals surface area contributed by atoms with Crippen LogP contribution in [0.5, 0.6) is 0 Å². The molecule has 0 fully saturated rings. The van der Waals surface area contributed by atoms with Crippen LogP contribution < -0.4 is 10.6 Å². The van der Waals surface area contributed by atoms with Gasteiger partial charge in [-0.3, -0.25) is 4.99 Å². The highest BCUT2D eigenvalue weighted by Crippen LogP contribution is 2.17. The van der Waals surface area contributed by atoms with Gasteiger partial charge in [0.15, 0.2) is 5.96 Å². The van der Waals surface area contributed by atoms with Crippen LogP contribution in [0, 0.1) is 0 Å². The van der Waals surface area contributed by atoms with E-state index in [9.17, 15) is 0 Å². The topological polar surface area (TPSA) is 55.4 Å². The molecule has 1 aromatic heterocycles. The third-order valence-electron chi connectivity index (χ3n) is 3.91. The van der Waals surface area contributed by atoms with Gasteiger partial charge in [0.05, 0.1) is 0 Å². The maximum Gasteiger partial charge on any atom is 0.191 e. The van der Waals surface area contributed by atoms with Gasteiger partial charge in [-0.15, -0.1) is 0 Å². The molecule has 22 heavy (non-hydrogen) atoms. The van der Waals surface area contributed by atoms with Crippen LogP contribution in [0.2, 0.25) is 0 Å². The van der Waals surface area contributed by atoms with Crippen LogP contribution in [-0.4, -0.2) is 56.1 Å². The average Bonchev–Trinajstić information content (AvgIpc) is 2.96. The Morgan fingerprint density at radius 1 is 1.23 bits per heavy atom. The molecule has 0 atom stereocenters. The Bertz CT molecular complexity index is 602. The molecule has 1 heterocycles. The molecular formula is C17H27N5. The summed E-state index contributed by atoms with van der Waals surface area (Å²) >= 11 is 0. The van der Waals surface area contributed by atoms with E-state index >= 15 is 0 Å². The highest BCUT2D eigenvalue weighted by molar-refractivity contribution is 5.83. The lowest BCUT2D eigenvalue weighted by atomic mass is 10.1. The van der Waals surface area contributed by atoms with Gasteiger partial charge in [0.1, 0.15) is 0 Å². The van der Waals surface area contributed by atoms with Crippen molar-refractivity contribution in [3.63, 3.8) is 0 Å². The van der Waals surface area contributed by atoms with Crippen molar-refractivity contribution in [3.05, 3.63) is 36.0 Å². The number of aromatic amines is 1. The number of aromatic nitrogens is 1. The van der Waals surface area contributed by atoms with Crippen LogP contribution in [0.1, 0.15) is 12.5 Å². The van der Waals surface area contributed by atoms with Gasteiger partial charge in [0, 0.05) is 43.8 Å². The van der Waals surface area contributed by atoms with E-state index in [-0.39, 0.29) is 0 Å². The number of guanidine groups is 1. The third-order valence-corrected chi connectivity index (χ3v) is 3.91. The van der Waals surface area contributed by atoms with Gasteiger partial charge in [-0.1, -0.05) is 25.1 Å². The standard InChI is InChI=1S/C17H27N5/c1-4-22(3)12-11-20-17(18-2)19-10-9-14-13-21-16-8-6-5-7-15(14)16/h5-8,13,21H,4,9-12H2,1-3H3,(H2,18,19,20). The van der Waals surface area contributed by atoms with Crippen LogP contribution in [0.25, 0.3) is 10.9 Å². The van der Waals surface area contributed by atoms with Crippen LogP contribution in [0.4, 0.5) is 0 Å². The molecular weight excluding hydrogens is 274 g/mol. The third kappa shape index (κ3) is 4.49. The summed E-state index contributed by atoms with van der Waals surface area (Å²) in [5.74, 6) is 0.865. The number of rotatable bonds is 7. The summed E-state index contributed by atoms with van der Waals surface area (Å²) in [4.78, 5) is 9.84. The molecule has 0 unspecified atom stereocenters. The predicted molar refractivity (Wildman–Crippen MR) is 94.5 cm³/mol. The Hall–Kier alpha value is -2.01. The molecule has 5 nitrogen and oxygen atoms in total. The van der Waals surface area contributed by atoms with Crippen molar-refractivity contribution < 1.29 is 0 Å². The summed E-state index contributed by atoms with van der Waals surface area (Å²) in [5, 5.41) is 8.01. The van der Waals surface area contributed by atoms with Crippen LogP contribution >= 0.6 is 0 Å². The fraction of sp³-hybridized carbons (Fsp3) is 0.471. The second-order valence-electron chi connectivity index (χ2n) is 5.43. The Labute approximate surface area is 132 Å². The molecule has 0 aliphatic rings. The number of hydrogen-bond donors (Lipinski definition) is 3. The maximum absolute atomic E-state index is 4.26. The number of hydrogen-bond acceptors (Lipinski definition) is 2. The normalized spacial score (nSPS) is 12.1. The first-order valence-electron chi connectivity index (χ1n) is 7.92. The minimum atomic E-state index is 0.865. The van der Waals surface area contributed by atoms with Crippen molar-refractivity contribution in [2.75, 3.05) is 40.3 Å². The van der Waals surface area contributed by atoms with Gasteiger partial charge >= 0.3 is 0 Å². The number of fused-ring (bicyclic) bond motifs is 1. The number of benzene rings is 1. The summed E-state index contributed by atoms with van der Waals surface area (Å²) < 4.78 is 0. The summed E-state index contributed by atoms with van der Waals surface area (Å²) in [6.07, 6.45) is 3.07. The van der Waals surface area contributed by atoms with Gasteiger partial charge < -0.3 is 20.5 Å². The van der Waals surface area contributed by atoms with Crippen LogP contribution in [0.15, 0.2) is 35.5 Å². The second kappa shape index (κ2) is 8.44. The molecule has 0 saturated carbocycles. The highest BCUT2D eigenvalue weighted by atomic mass is 15.2. The number of H-pyrrole nitrogens is 1. The van der Waals surface area contributed by atoms with E-state index in [1.54, 1.807) is 0 Å². The van der Waals surface area contributed by atoms with E-state index in [4.69, 9.17) is 0 Å². The van der Waals surface area contributed by atoms with Crippen molar-refractivity contribution >= 4 is 16.9 Å². The van der Waals surface area contributed by atoms with E-state index in [0.717, 1.165) is 38.6 Å². The molecule has 2 rings (SSSR count). The van der Waals surface area contributed by atoms with Crippen molar-refractivity contribution in [1.82, 2.24) is 20.5 Å². The minimum Gasteiger partial charge on any atom is -0.361 e. The first-order chi connectivity index (χ1) is 10.7. The number of aliphatic imine (C=N–C) groups is 1. The number of para-hydroxylation sites is 1. The monoisotopic (exact) mass is 301 g/mol. The fourth-order valence-electron chi connectivity index (χ4n) is 2.40. The van der Waals surface area contributed by atoms with Crippen molar-refractivity contribution in [2.24, 2.45) is 4.99 Å². The predicted octanol–water partition coefficient (Wildman–Crippen LogP) is 1.83. The maximum atomic E-state index is 4.26. The van der Waals surface area contributed by atoms with Gasteiger partial charge in [0.25, 0.3) is 0 Å². The number of likely N-dealkylation sites (N-methyl/N-ethyl adjacent to an activating group) is 1. The first-order valence-corrected chi connectivity index (χ1v) is 7.92. The average molecular weight is 301 g/mol. The molecule has 0 spiro atoms. The van der Waals surface area contributed by atoms with E-state index in [1.807, 2.05) is 7.05 Å². The Balaban J connectivity index is 1.77. The number of nitrogens with zero attached hydrogens (tertiary/aromatic N) is 2. The number of nitrogens with one attached hydrogen (secondary N) is 3. The van der Waals surface area contributed by atoms with Gasteiger partial charge in [-0.05, 0) is 31.6 Å². The lowest BCUT2D eigenvalue weighted by Gasteiger charge is -2.16. The molecule has 120 valence electrons. The minimum absolute atomic E-state index is 0.865. The van der Waals surface area contributed by atoms with Crippen molar-refractivity contribution in [1.29, 1.82) is 0 Å². The largest absolute Gasteiger partial charge is 0.361 e. The van der Waals surface area contributed by atoms with E-state index in [0.29, 0.717) is 0 Å². The quantitative estimate of drug-likeness (QED) is 0.540. The molecule has 0 bridgehead atoms. The summed E-state index contributed by atoms with van der Waals surface area (Å²) in [5.41, 5.74) is 2.53. The molecule has 0 aliphatic carbocycles. The lowest BCUT2D eigenvalue weighted by molar-refractivity contribution is 0.357. The molecule has 3 N–H and O–H groups in total. The van der Waals surface area contributed by atoms with E-state index < -0.39 is 0 Å². The second-order valence-corrected chi connectivity index (χ2v) is 5.43. The molecule has 0 radical (unpaired) electrons. The van der Waals surface area contributed by atoms with Gasteiger partial charge in [-0.2, -0.15) is 0 Å². The van der Waals surface area contributed by atoms with Gasteiger partial charge in [-0.25, -0.2) is 0 Å². The van der Waals surface area contributed by atoms with E-state index in [1.165, 1.54) is 16.5 Å². The van der Waals surface area contributed by atoms with Crippen LogP contribution in [-0.2, 0) is 6.42 Å². The Morgan fingerprint density at radius 3 is 2.77 bits per heavy atom. The van der Waals surface area contributed by atoms with Crippen LogP contribution in [0.3, 0.4) is 0 Å². The summed E-state index contributed by atoms with van der Waals surface area (Å²) in [6.45, 7) is 6.00. The zero-order valence-electron chi connectivity index (χ0n) is 13.8. The zero-order valence-corrected chi connectivity index (χ0v) is 13.8. The molecule has 0 saturated heterocycles. The lowest BCUT2D eigenvalue weighted by Crippen LogP contribution is -2.41. The molecule has 1 aromatic carbocycles. The SMILES string of the molecule is CCN(C)CCNC(=NC)NCCc1c[nH]c2ccccc12. The smallest absolute Gasteiger partial charge is 0.191 e. The molecule has 0 amide bonds. The molecule has 0 aliphatic heterocycles. The summed E-state index contributed by atoms with van der Waals surface area (Å²) in [7, 11) is 3.93. The fourth-order valence-corrected chi connectivity index (χ4v) is 2.40. The molecule has 2 aromatic rings. The Kier molecular flexibility index (Phi) is 6.27. The first kappa shape index (κ1) is 16.4.